The minimum Gasteiger partial charge on any atom is -0.491 e. The van der Waals surface area contributed by atoms with Crippen LogP contribution in [0.15, 0.2) is 18.2 Å². The fourth-order valence-electron chi connectivity index (χ4n) is 2.92. The molecule has 1 amide bonds. The van der Waals surface area contributed by atoms with E-state index >= 15 is 0 Å². The van der Waals surface area contributed by atoms with E-state index in [-0.39, 0.29) is 23.5 Å². The predicted octanol–water partition coefficient (Wildman–Crippen LogP) is 2.93. The lowest BCUT2D eigenvalue weighted by molar-refractivity contribution is -0.122. The van der Waals surface area contributed by atoms with Crippen molar-refractivity contribution < 1.29 is 13.9 Å². The zero-order valence-corrected chi connectivity index (χ0v) is 12.4. The Morgan fingerprint density at radius 1 is 1.43 bits per heavy atom. The monoisotopic (exact) mass is 294 g/mol. The molecule has 2 rings (SSSR count). The molecule has 5 heteroatoms. The van der Waals surface area contributed by atoms with Crippen molar-refractivity contribution in [1.29, 1.82) is 0 Å². The molecule has 3 N–H and O–H groups in total. The third kappa shape index (κ3) is 3.94. The minimum atomic E-state index is -0.464. The van der Waals surface area contributed by atoms with Gasteiger partial charge in [-0.3, -0.25) is 4.79 Å². The van der Waals surface area contributed by atoms with Gasteiger partial charge in [-0.05, 0) is 44.4 Å². The maximum Gasteiger partial charge on any atom is 0.227 e. The summed E-state index contributed by atoms with van der Waals surface area (Å²) >= 11 is 0. The average molecular weight is 294 g/mol. The van der Waals surface area contributed by atoms with E-state index < -0.39 is 5.82 Å². The number of hydrogen-bond donors (Lipinski definition) is 2. The minimum absolute atomic E-state index is 0.0614. The van der Waals surface area contributed by atoms with Gasteiger partial charge < -0.3 is 15.8 Å². The maximum atomic E-state index is 13.8. The van der Waals surface area contributed by atoms with Crippen molar-refractivity contribution in [3.8, 4) is 5.75 Å². The summed E-state index contributed by atoms with van der Waals surface area (Å²) in [6.45, 7) is 2.73. The highest BCUT2D eigenvalue weighted by atomic mass is 19.1. The normalized spacial score (nSPS) is 21.9. The van der Waals surface area contributed by atoms with Crippen molar-refractivity contribution in [3.63, 3.8) is 0 Å². The lowest BCUT2D eigenvalue weighted by Crippen LogP contribution is -2.35. The molecule has 0 radical (unpaired) electrons. The molecule has 1 saturated carbocycles. The Morgan fingerprint density at radius 3 is 2.86 bits per heavy atom. The molecule has 0 aliphatic heterocycles. The summed E-state index contributed by atoms with van der Waals surface area (Å²) in [5.74, 6) is -0.167. The number of halogens is 1. The fraction of sp³-hybridized carbons (Fsp3) is 0.562. The Kier molecular flexibility index (Phi) is 5.56. The number of carbonyl (C=O) groups excluding carboxylic acids is 1. The van der Waals surface area contributed by atoms with Gasteiger partial charge in [0.1, 0.15) is 0 Å². The van der Waals surface area contributed by atoms with Crippen LogP contribution in [-0.4, -0.2) is 19.1 Å². The van der Waals surface area contributed by atoms with Gasteiger partial charge in [-0.25, -0.2) is 4.39 Å². The van der Waals surface area contributed by atoms with Gasteiger partial charge in [-0.15, -0.1) is 0 Å². The molecular formula is C16H23FN2O2. The van der Waals surface area contributed by atoms with Crippen LogP contribution in [0.4, 0.5) is 10.1 Å². The first-order valence-corrected chi connectivity index (χ1v) is 7.59. The molecule has 1 aliphatic carbocycles. The van der Waals surface area contributed by atoms with Crippen LogP contribution in [-0.2, 0) is 4.79 Å². The van der Waals surface area contributed by atoms with Crippen LogP contribution in [0, 0.1) is 17.7 Å². The van der Waals surface area contributed by atoms with Crippen LogP contribution in [0.5, 0.6) is 5.75 Å². The summed E-state index contributed by atoms with van der Waals surface area (Å²) in [6.07, 6.45) is 4.02. The molecule has 21 heavy (non-hydrogen) atoms. The Bertz CT molecular complexity index is 493. The number of hydrogen-bond acceptors (Lipinski definition) is 3. The van der Waals surface area contributed by atoms with Crippen molar-refractivity contribution in [2.24, 2.45) is 17.6 Å². The maximum absolute atomic E-state index is 13.8. The number of amides is 1. The lowest BCUT2D eigenvalue weighted by Gasteiger charge is -2.29. The molecule has 1 aromatic carbocycles. The van der Waals surface area contributed by atoms with Crippen LogP contribution in [0.1, 0.15) is 32.6 Å². The van der Waals surface area contributed by atoms with E-state index in [4.69, 9.17) is 10.5 Å². The first-order chi connectivity index (χ1) is 10.2. The number of ether oxygens (including phenoxy) is 1. The summed E-state index contributed by atoms with van der Waals surface area (Å²) < 4.78 is 18.9. The fourth-order valence-corrected chi connectivity index (χ4v) is 2.92. The highest BCUT2D eigenvalue weighted by Gasteiger charge is 2.29. The third-order valence-electron chi connectivity index (χ3n) is 4.05. The molecule has 2 atom stereocenters. The topological polar surface area (TPSA) is 64.3 Å². The summed E-state index contributed by atoms with van der Waals surface area (Å²) in [5.41, 5.74) is 6.21. The Labute approximate surface area is 124 Å². The molecule has 1 fully saturated rings. The van der Waals surface area contributed by atoms with Gasteiger partial charge in [0, 0.05) is 17.7 Å². The molecule has 116 valence electrons. The molecular weight excluding hydrogens is 271 g/mol. The van der Waals surface area contributed by atoms with Crippen LogP contribution in [0.2, 0.25) is 0 Å². The van der Waals surface area contributed by atoms with E-state index in [0.29, 0.717) is 18.8 Å². The van der Waals surface area contributed by atoms with Crippen LogP contribution < -0.4 is 15.8 Å². The second kappa shape index (κ2) is 7.41. The van der Waals surface area contributed by atoms with Gasteiger partial charge in [0.05, 0.1) is 6.61 Å². The first kappa shape index (κ1) is 15.8. The quantitative estimate of drug-likeness (QED) is 0.877. The molecule has 0 saturated heterocycles. The number of anilines is 1. The molecule has 0 heterocycles. The van der Waals surface area contributed by atoms with Crippen molar-refractivity contribution in [2.75, 3.05) is 18.5 Å². The second-order valence-corrected chi connectivity index (χ2v) is 5.45. The van der Waals surface area contributed by atoms with E-state index in [1.165, 1.54) is 12.1 Å². The molecule has 0 spiro atoms. The largest absolute Gasteiger partial charge is 0.491 e. The number of carbonyl (C=O) groups is 1. The van der Waals surface area contributed by atoms with Gasteiger partial charge in [-0.1, -0.05) is 12.8 Å². The zero-order chi connectivity index (χ0) is 15.2. The number of benzene rings is 1. The molecule has 0 bridgehead atoms. The van der Waals surface area contributed by atoms with Gasteiger partial charge >= 0.3 is 0 Å². The second-order valence-electron chi connectivity index (χ2n) is 5.45. The van der Waals surface area contributed by atoms with Crippen LogP contribution in [0.3, 0.4) is 0 Å². The van der Waals surface area contributed by atoms with Crippen molar-refractivity contribution in [1.82, 2.24) is 0 Å². The van der Waals surface area contributed by atoms with Gasteiger partial charge in [-0.2, -0.15) is 0 Å². The van der Waals surface area contributed by atoms with E-state index in [9.17, 15) is 9.18 Å². The highest BCUT2D eigenvalue weighted by Crippen LogP contribution is 2.30. The van der Waals surface area contributed by atoms with Gasteiger partial charge in [0.2, 0.25) is 5.91 Å². The number of rotatable bonds is 5. The lowest BCUT2D eigenvalue weighted by atomic mass is 9.78. The van der Waals surface area contributed by atoms with Crippen molar-refractivity contribution in [2.45, 2.75) is 32.6 Å². The highest BCUT2D eigenvalue weighted by molar-refractivity contribution is 5.92. The van der Waals surface area contributed by atoms with Crippen LogP contribution >= 0.6 is 0 Å². The number of nitrogens with two attached hydrogens (primary N) is 1. The molecule has 0 aromatic heterocycles. The predicted molar refractivity (Wildman–Crippen MR) is 80.7 cm³/mol. The zero-order valence-electron chi connectivity index (χ0n) is 12.4. The van der Waals surface area contributed by atoms with E-state index in [0.717, 1.165) is 25.7 Å². The third-order valence-corrected chi connectivity index (χ3v) is 4.05. The van der Waals surface area contributed by atoms with E-state index in [1.807, 2.05) is 0 Å². The Balaban J connectivity index is 2.03. The SMILES string of the molecule is CCOc1ccc(NC(=O)C2CCCCC2CN)cc1F. The van der Waals surface area contributed by atoms with Crippen molar-refractivity contribution >= 4 is 11.6 Å². The van der Waals surface area contributed by atoms with Crippen molar-refractivity contribution in [3.05, 3.63) is 24.0 Å². The summed E-state index contributed by atoms with van der Waals surface area (Å²) in [7, 11) is 0. The summed E-state index contributed by atoms with van der Waals surface area (Å²) in [6, 6.07) is 4.49. The Morgan fingerprint density at radius 2 is 2.19 bits per heavy atom. The average Bonchev–Trinajstić information content (AvgIpc) is 2.50. The number of nitrogens with one attached hydrogen (secondary N) is 1. The van der Waals surface area contributed by atoms with Crippen LogP contribution in [0.25, 0.3) is 0 Å². The molecule has 4 nitrogen and oxygen atoms in total. The standard InChI is InChI=1S/C16H23FN2O2/c1-2-21-15-8-7-12(9-14(15)17)19-16(20)13-6-4-3-5-11(13)10-18/h7-9,11,13H,2-6,10,18H2,1H3,(H,19,20). The summed E-state index contributed by atoms with van der Waals surface area (Å²) in [5, 5.41) is 2.80. The van der Waals surface area contributed by atoms with E-state index in [1.54, 1.807) is 13.0 Å². The first-order valence-electron chi connectivity index (χ1n) is 7.59. The Hall–Kier alpha value is -1.62. The van der Waals surface area contributed by atoms with Gasteiger partial charge in [0.15, 0.2) is 11.6 Å². The summed E-state index contributed by atoms with van der Waals surface area (Å²) in [4.78, 5) is 12.3. The van der Waals surface area contributed by atoms with E-state index in [2.05, 4.69) is 5.32 Å². The van der Waals surface area contributed by atoms with Gasteiger partial charge in [0.25, 0.3) is 0 Å². The molecule has 1 aromatic rings. The molecule has 1 aliphatic rings. The smallest absolute Gasteiger partial charge is 0.227 e. The molecule has 2 unspecified atom stereocenters.